The first-order chi connectivity index (χ1) is 16.0. The number of aromatic nitrogens is 3. The molecule has 1 atom stereocenters. The summed E-state index contributed by atoms with van der Waals surface area (Å²) in [5.41, 5.74) is 7.86. The fourth-order valence-corrected chi connectivity index (χ4v) is 3.31. The zero-order chi connectivity index (χ0) is 24.9. The van der Waals surface area contributed by atoms with Gasteiger partial charge in [-0.2, -0.15) is 0 Å². The van der Waals surface area contributed by atoms with Gasteiger partial charge in [-0.15, -0.1) is 0 Å². The van der Waals surface area contributed by atoms with E-state index in [4.69, 9.17) is 15.6 Å². The first-order valence-corrected chi connectivity index (χ1v) is 10.8. The molecule has 0 saturated heterocycles. The van der Waals surface area contributed by atoms with Gasteiger partial charge in [0.05, 0.1) is 30.0 Å². The SMILES string of the molecule is CC(C)(C)OC(=O)NC(Cc1ccc(F)c(CCC(=O)O)n1)c1ncc(-c2ccccc2N)[nH]1. The minimum absolute atomic E-state index is 0.0443. The van der Waals surface area contributed by atoms with E-state index in [0.717, 1.165) is 5.56 Å². The third kappa shape index (κ3) is 6.77. The van der Waals surface area contributed by atoms with Gasteiger partial charge in [-0.05, 0) is 39.0 Å². The maximum atomic E-state index is 14.1. The number of ether oxygens (including phenoxy) is 1. The number of alkyl carbamates (subject to hydrolysis) is 1. The molecule has 2 heterocycles. The Bertz CT molecular complexity index is 1170. The highest BCUT2D eigenvalue weighted by molar-refractivity contribution is 5.73. The highest BCUT2D eigenvalue weighted by atomic mass is 19.1. The molecule has 1 unspecified atom stereocenters. The minimum atomic E-state index is -1.04. The van der Waals surface area contributed by atoms with Crippen molar-refractivity contribution in [1.82, 2.24) is 20.3 Å². The summed E-state index contributed by atoms with van der Waals surface area (Å²) in [5, 5.41) is 11.7. The van der Waals surface area contributed by atoms with E-state index in [9.17, 15) is 14.0 Å². The Labute approximate surface area is 196 Å². The number of carbonyl (C=O) groups is 2. The summed E-state index contributed by atoms with van der Waals surface area (Å²) in [6, 6.07) is 9.34. The third-order valence-electron chi connectivity index (χ3n) is 4.83. The number of hydrogen-bond acceptors (Lipinski definition) is 6. The van der Waals surface area contributed by atoms with Gasteiger partial charge in [0.25, 0.3) is 0 Å². The predicted molar refractivity (Wildman–Crippen MR) is 124 cm³/mol. The number of amides is 1. The average Bonchev–Trinajstić information content (AvgIpc) is 3.22. The number of aliphatic carboxylic acids is 1. The van der Waals surface area contributed by atoms with Gasteiger partial charge in [-0.3, -0.25) is 9.78 Å². The molecule has 180 valence electrons. The molecule has 0 fully saturated rings. The Balaban J connectivity index is 1.89. The van der Waals surface area contributed by atoms with E-state index in [1.165, 1.54) is 12.1 Å². The number of carboxylic acids is 1. The maximum Gasteiger partial charge on any atom is 0.408 e. The summed E-state index contributed by atoms with van der Waals surface area (Å²) < 4.78 is 19.5. The molecule has 10 heteroatoms. The largest absolute Gasteiger partial charge is 0.481 e. The van der Waals surface area contributed by atoms with E-state index in [-0.39, 0.29) is 25.0 Å². The molecule has 1 aromatic carbocycles. The van der Waals surface area contributed by atoms with Gasteiger partial charge in [-0.25, -0.2) is 14.2 Å². The normalized spacial score (nSPS) is 12.2. The van der Waals surface area contributed by atoms with E-state index < -0.39 is 29.5 Å². The molecule has 0 aliphatic rings. The fraction of sp³-hybridized carbons (Fsp3) is 0.333. The van der Waals surface area contributed by atoms with E-state index in [1.807, 2.05) is 18.2 Å². The zero-order valence-electron chi connectivity index (χ0n) is 19.3. The van der Waals surface area contributed by atoms with Crippen LogP contribution < -0.4 is 11.1 Å². The van der Waals surface area contributed by atoms with E-state index in [1.54, 1.807) is 33.0 Å². The number of rotatable bonds is 8. The summed E-state index contributed by atoms with van der Waals surface area (Å²) >= 11 is 0. The lowest BCUT2D eigenvalue weighted by Gasteiger charge is -2.23. The number of carboxylic acid groups (broad SMARTS) is 1. The average molecular weight is 470 g/mol. The van der Waals surface area contributed by atoms with Crippen molar-refractivity contribution in [2.45, 2.75) is 51.7 Å². The number of nitrogen functional groups attached to an aromatic ring is 1. The fourth-order valence-electron chi connectivity index (χ4n) is 3.31. The van der Waals surface area contributed by atoms with Crippen LogP contribution in [0.2, 0.25) is 0 Å². The zero-order valence-corrected chi connectivity index (χ0v) is 19.3. The number of H-pyrrole nitrogens is 1. The summed E-state index contributed by atoms with van der Waals surface area (Å²) in [6.45, 7) is 5.25. The van der Waals surface area contributed by atoms with Crippen LogP contribution in [-0.4, -0.2) is 37.7 Å². The molecule has 0 bridgehead atoms. The molecular formula is C24H28FN5O4. The number of aryl methyl sites for hydroxylation is 1. The Kier molecular flexibility index (Phi) is 7.50. The molecule has 0 spiro atoms. The van der Waals surface area contributed by atoms with Crippen LogP contribution in [-0.2, 0) is 22.4 Å². The van der Waals surface area contributed by atoms with Gasteiger partial charge >= 0.3 is 12.1 Å². The van der Waals surface area contributed by atoms with Gasteiger partial charge in [0.15, 0.2) is 0 Å². The number of nitrogens with two attached hydrogens (primary N) is 1. The molecule has 0 radical (unpaired) electrons. The highest BCUT2D eigenvalue weighted by Gasteiger charge is 2.24. The number of pyridine rings is 1. The van der Waals surface area contributed by atoms with Crippen LogP contribution in [0, 0.1) is 5.82 Å². The van der Waals surface area contributed by atoms with Crippen molar-refractivity contribution in [2.24, 2.45) is 0 Å². The summed E-state index contributed by atoms with van der Waals surface area (Å²) in [6.07, 6.45) is 0.838. The van der Waals surface area contributed by atoms with Crippen LogP contribution in [0.3, 0.4) is 0 Å². The highest BCUT2D eigenvalue weighted by Crippen LogP contribution is 2.26. The number of imidazole rings is 1. The second-order valence-electron chi connectivity index (χ2n) is 8.80. The molecule has 0 aliphatic heterocycles. The van der Waals surface area contributed by atoms with Crippen molar-refractivity contribution < 1.29 is 23.8 Å². The molecule has 5 N–H and O–H groups in total. The lowest BCUT2D eigenvalue weighted by Crippen LogP contribution is -2.36. The number of nitrogens with zero attached hydrogens (tertiary/aromatic N) is 2. The number of hydrogen-bond donors (Lipinski definition) is 4. The second-order valence-corrected chi connectivity index (χ2v) is 8.80. The number of carbonyl (C=O) groups excluding carboxylic acids is 1. The maximum absolute atomic E-state index is 14.1. The third-order valence-corrected chi connectivity index (χ3v) is 4.83. The number of aromatic amines is 1. The van der Waals surface area contributed by atoms with Crippen molar-refractivity contribution in [3.8, 4) is 11.3 Å². The van der Waals surface area contributed by atoms with Crippen LogP contribution in [0.15, 0.2) is 42.6 Å². The molecule has 1 amide bonds. The minimum Gasteiger partial charge on any atom is -0.481 e. The molecule has 3 aromatic rings. The predicted octanol–water partition coefficient (Wildman–Crippen LogP) is 4.02. The standard InChI is InChI=1S/C24H28FN5O4/c1-24(2,3)34-23(33)30-19(12-14-8-9-16(25)18(28-14)10-11-21(31)32)22-27-13-20(29-22)15-6-4-5-7-17(15)26/h4-9,13,19H,10-12,26H2,1-3H3,(H,27,29)(H,30,33)(H,31,32). The molecule has 2 aromatic heterocycles. The Morgan fingerprint density at radius 1 is 1.24 bits per heavy atom. The number of benzene rings is 1. The number of anilines is 1. The van der Waals surface area contributed by atoms with Crippen LogP contribution in [0.1, 0.15) is 50.4 Å². The van der Waals surface area contributed by atoms with Crippen molar-refractivity contribution in [3.63, 3.8) is 0 Å². The van der Waals surface area contributed by atoms with Crippen LogP contribution in [0.4, 0.5) is 14.9 Å². The molecule has 3 rings (SSSR count). The van der Waals surface area contributed by atoms with Crippen LogP contribution >= 0.6 is 0 Å². The quantitative estimate of drug-likeness (QED) is 0.365. The van der Waals surface area contributed by atoms with Gasteiger partial charge in [0.2, 0.25) is 0 Å². The van der Waals surface area contributed by atoms with Crippen molar-refractivity contribution in [1.29, 1.82) is 0 Å². The summed E-state index contributed by atoms with van der Waals surface area (Å²) in [7, 11) is 0. The first-order valence-electron chi connectivity index (χ1n) is 10.8. The summed E-state index contributed by atoms with van der Waals surface area (Å²) in [5.74, 6) is -1.19. The molecule has 34 heavy (non-hydrogen) atoms. The van der Waals surface area contributed by atoms with Gasteiger partial charge < -0.3 is 25.9 Å². The smallest absolute Gasteiger partial charge is 0.408 e. The van der Waals surface area contributed by atoms with Gasteiger partial charge in [-0.1, -0.05) is 18.2 Å². The van der Waals surface area contributed by atoms with Crippen LogP contribution in [0.5, 0.6) is 0 Å². The second kappa shape index (κ2) is 10.3. The van der Waals surface area contributed by atoms with E-state index in [0.29, 0.717) is 22.9 Å². The number of halogens is 1. The summed E-state index contributed by atoms with van der Waals surface area (Å²) in [4.78, 5) is 35.3. The molecular weight excluding hydrogens is 441 g/mol. The van der Waals surface area contributed by atoms with Crippen molar-refractivity contribution in [2.75, 3.05) is 5.73 Å². The lowest BCUT2D eigenvalue weighted by molar-refractivity contribution is -0.137. The monoisotopic (exact) mass is 469 g/mol. The number of para-hydroxylation sites is 1. The number of nitrogens with one attached hydrogen (secondary N) is 2. The van der Waals surface area contributed by atoms with Crippen molar-refractivity contribution >= 4 is 17.7 Å². The van der Waals surface area contributed by atoms with Gasteiger partial charge in [0.1, 0.15) is 17.2 Å². The molecule has 0 aliphatic carbocycles. The Morgan fingerprint density at radius 3 is 2.65 bits per heavy atom. The van der Waals surface area contributed by atoms with Gasteiger partial charge in [0, 0.05) is 29.8 Å². The van der Waals surface area contributed by atoms with E-state index in [2.05, 4.69) is 20.3 Å². The molecule has 9 nitrogen and oxygen atoms in total. The van der Waals surface area contributed by atoms with Crippen molar-refractivity contribution in [3.05, 3.63) is 65.6 Å². The van der Waals surface area contributed by atoms with Crippen LogP contribution in [0.25, 0.3) is 11.3 Å². The Hall–Kier alpha value is -3.95. The lowest BCUT2D eigenvalue weighted by atomic mass is 10.1. The Morgan fingerprint density at radius 2 is 1.97 bits per heavy atom. The molecule has 0 saturated carbocycles. The van der Waals surface area contributed by atoms with E-state index >= 15 is 0 Å². The topological polar surface area (TPSA) is 143 Å². The first kappa shape index (κ1) is 24.7.